The number of benzene rings is 2. The van der Waals surface area contributed by atoms with Crippen molar-refractivity contribution in [3.05, 3.63) is 70.6 Å². The lowest BCUT2D eigenvalue weighted by Crippen LogP contribution is -2.34. The van der Waals surface area contributed by atoms with E-state index in [0.717, 1.165) is 18.5 Å². The number of hydrogen-bond donors (Lipinski definition) is 2. The van der Waals surface area contributed by atoms with Crippen molar-refractivity contribution in [2.75, 3.05) is 5.32 Å². The predicted molar refractivity (Wildman–Crippen MR) is 105 cm³/mol. The number of amides is 1. The lowest BCUT2D eigenvalue weighted by atomic mass is 9.94. The number of nitrogens with one attached hydrogen (secondary N) is 2. The molecule has 124 valence electrons. The lowest BCUT2D eigenvalue weighted by molar-refractivity contribution is 0.0977. The monoisotopic (exact) mass is 365 g/mol. The molecule has 1 aromatic heterocycles. The summed E-state index contributed by atoms with van der Waals surface area (Å²) in [5, 5.41) is 6.70. The second kappa shape index (κ2) is 6.74. The number of fused-ring (bicyclic) bond motifs is 3. The molecule has 3 aromatic rings. The maximum Gasteiger partial charge on any atom is 0.257 e. The summed E-state index contributed by atoms with van der Waals surface area (Å²) in [5.41, 5.74) is 4.10. The number of hydrogen-bond acceptors (Lipinski definition) is 4. The van der Waals surface area contributed by atoms with Gasteiger partial charge in [0.1, 0.15) is 0 Å². The molecule has 0 bridgehead atoms. The van der Waals surface area contributed by atoms with Crippen LogP contribution in [-0.2, 0) is 12.8 Å². The van der Waals surface area contributed by atoms with E-state index in [-0.39, 0.29) is 11.0 Å². The quantitative estimate of drug-likeness (QED) is 0.673. The van der Waals surface area contributed by atoms with Crippen LogP contribution in [0.25, 0.3) is 11.3 Å². The molecular formula is C19H15N3OS2. The summed E-state index contributed by atoms with van der Waals surface area (Å²) in [6, 6.07) is 17.3. The van der Waals surface area contributed by atoms with Crippen molar-refractivity contribution >= 4 is 39.7 Å². The first-order valence-electron chi connectivity index (χ1n) is 7.96. The Bertz CT molecular complexity index is 950. The van der Waals surface area contributed by atoms with Crippen LogP contribution in [0, 0.1) is 0 Å². The second-order valence-corrected chi connectivity index (χ2v) is 7.21. The van der Waals surface area contributed by atoms with Gasteiger partial charge in [0.05, 0.1) is 5.69 Å². The van der Waals surface area contributed by atoms with Gasteiger partial charge in [-0.15, -0.1) is 11.3 Å². The fraction of sp³-hybridized carbons (Fsp3) is 0.105. The van der Waals surface area contributed by atoms with E-state index < -0.39 is 0 Å². The molecule has 25 heavy (non-hydrogen) atoms. The van der Waals surface area contributed by atoms with Gasteiger partial charge in [0.25, 0.3) is 5.91 Å². The van der Waals surface area contributed by atoms with Crippen molar-refractivity contribution in [1.82, 2.24) is 10.3 Å². The van der Waals surface area contributed by atoms with Gasteiger partial charge in [-0.3, -0.25) is 10.1 Å². The van der Waals surface area contributed by atoms with Gasteiger partial charge in [0, 0.05) is 16.0 Å². The van der Waals surface area contributed by atoms with Gasteiger partial charge in [-0.2, -0.15) is 0 Å². The van der Waals surface area contributed by atoms with Gasteiger partial charge in [0.2, 0.25) is 0 Å². The number of nitrogens with zero attached hydrogens (tertiary/aromatic N) is 1. The Morgan fingerprint density at radius 2 is 1.80 bits per heavy atom. The number of thiazole rings is 1. The molecule has 0 aliphatic heterocycles. The normalized spacial score (nSPS) is 12.0. The highest BCUT2D eigenvalue weighted by molar-refractivity contribution is 7.80. The summed E-state index contributed by atoms with van der Waals surface area (Å²) < 4.78 is 0. The Hall–Kier alpha value is -2.57. The Morgan fingerprint density at radius 3 is 2.64 bits per heavy atom. The number of carbonyl (C=O) groups is 1. The lowest BCUT2D eigenvalue weighted by Gasteiger charge is -2.13. The summed E-state index contributed by atoms with van der Waals surface area (Å²) in [6.07, 6.45) is 2.01. The highest BCUT2D eigenvalue weighted by atomic mass is 32.1. The van der Waals surface area contributed by atoms with E-state index in [2.05, 4.69) is 33.8 Å². The van der Waals surface area contributed by atoms with Crippen molar-refractivity contribution in [1.29, 1.82) is 0 Å². The van der Waals surface area contributed by atoms with Crippen molar-refractivity contribution < 1.29 is 4.79 Å². The van der Waals surface area contributed by atoms with Crippen LogP contribution < -0.4 is 10.6 Å². The fourth-order valence-corrected chi connectivity index (χ4v) is 4.13. The first kappa shape index (κ1) is 15.9. The SMILES string of the molecule is O=C(NC(=S)Nc1nc2c(s1)CCc1ccccc1-2)c1ccccc1. The molecule has 0 spiro atoms. The molecule has 4 nitrogen and oxygen atoms in total. The molecular weight excluding hydrogens is 350 g/mol. The number of carbonyl (C=O) groups excluding carboxylic acids is 1. The maximum atomic E-state index is 12.1. The van der Waals surface area contributed by atoms with Gasteiger partial charge in [-0.05, 0) is 42.8 Å². The third-order valence-electron chi connectivity index (χ3n) is 4.07. The number of thiocarbonyl (C=S) groups is 1. The Kier molecular flexibility index (Phi) is 4.29. The van der Waals surface area contributed by atoms with Crippen LogP contribution >= 0.6 is 23.6 Å². The van der Waals surface area contributed by atoms with Gasteiger partial charge < -0.3 is 5.32 Å². The summed E-state index contributed by atoms with van der Waals surface area (Å²) in [4.78, 5) is 18.1. The number of aryl methyl sites for hydroxylation is 2. The summed E-state index contributed by atoms with van der Waals surface area (Å²) in [5.74, 6) is -0.232. The minimum Gasteiger partial charge on any atom is -0.308 e. The van der Waals surface area contributed by atoms with E-state index in [1.54, 1.807) is 23.5 Å². The van der Waals surface area contributed by atoms with Crippen LogP contribution in [0.2, 0.25) is 0 Å². The highest BCUT2D eigenvalue weighted by Crippen LogP contribution is 2.37. The molecule has 2 aromatic carbocycles. The molecule has 0 unspecified atom stereocenters. The summed E-state index contributed by atoms with van der Waals surface area (Å²) in [6.45, 7) is 0. The van der Waals surface area contributed by atoms with Crippen LogP contribution in [-0.4, -0.2) is 16.0 Å². The number of rotatable bonds is 2. The van der Waals surface area contributed by atoms with Crippen LogP contribution in [0.4, 0.5) is 5.13 Å². The molecule has 1 aliphatic rings. The average Bonchev–Trinajstić information content (AvgIpc) is 3.05. The third-order valence-corrected chi connectivity index (χ3v) is 5.31. The molecule has 0 saturated carbocycles. The minimum absolute atomic E-state index is 0.232. The Balaban J connectivity index is 1.49. The first-order chi connectivity index (χ1) is 12.2. The van der Waals surface area contributed by atoms with Gasteiger partial charge in [-0.25, -0.2) is 4.98 Å². The van der Waals surface area contributed by atoms with Crippen molar-refractivity contribution in [3.8, 4) is 11.3 Å². The van der Waals surface area contributed by atoms with Gasteiger partial charge in [-0.1, -0.05) is 42.5 Å². The van der Waals surface area contributed by atoms with Crippen molar-refractivity contribution in [2.45, 2.75) is 12.8 Å². The van der Waals surface area contributed by atoms with Crippen molar-refractivity contribution in [2.24, 2.45) is 0 Å². The second-order valence-electron chi connectivity index (χ2n) is 5.72. The first-order valence-corrected chi connectivity index (χ1v) is 9.18. The summed E-state index contributed by atoms with van der Waals surface area (Å²) in [7, 11) is 0. The number of aromatic nitrogens is 1. The van der Waals surface area contributed by atoms with Crippen LogP contribution in [0.1, 0.15) is 20.8 Å². The molecule has 1 aliphatic carbocycles. The molecule has 6 heteroatoms. The van der Waals surface area contributed by atoms with Crippen LogP contribution in [0.3, 0.4) is 0 Å². The maximum absolute atomic E-state index is 12.1. The zero-order chi connectivity index (χ0) is 17.2. The van der Waals surface area contributed by atoms with E-state index >= 15 is 0 Å². The minimum atomic E-state index is -0.232. The third kappa shape index (κ3) is 3.31. The van der Waals surface area contributed by atoms with Gasteiger partial charge in [0.15, 0.2) is 10.2 Å². The average molecular weight is 365 g/mol. The molecule has 2 N–H and O–H groups in total. The molecule has 1 amide bonds. The zero-order valence-corrected chi connectivity index (χ0v) is 14.9. The van der Waals surface area contributed by atoms with E-state index in [1.165, 1.54) is 16.0 Å². The molecule has 0 radical (unpaired) electrons. The predicted octanol–water partition coefficient (Wildman–Crippen LogP) is 4.04. The fourth-order valence-electron chi connectivity index (χ4n) is 2.90. The molecule has 0 atom stereocenters. The highest BCUT2D eigenvalue weighted by Gasteiger charge is 2.21. The topological polar surface area (TPSA) is 54.0 Å². The number of anilines is 1. The standard InChI is InChI=1S/C19H15N3OS2/c23-17(13-7-2-1-3-8-13)21-18(24)22-19-20-16-14-9-5-4-6-12(14)10-11-15(16)25-19/h1-9H,10-11H2,(H2,20,21,22,23,24). The van der Waals surface area contributed by atoms with E-state index in [0.29, 0.717) is 10.7 Å². The van der Waals surface area contributed by atoms with Crippen LogP contribution in [0.15, 0.2) is 54.6 Å². The van der Waals surface area contributed by atoms with E-state index in [1.807, 2.05) is 24.3 Å². The molecule has 1 heterocycles. The summed E-state index contributed by atoms with van der Waals surface area (Å²) >= 11 is 6.84. The molecule has 0 fully saturated rings. The van der Waals surface area contributed by atoms with E-state index in [4.69, 9.17) is 12.2 Å². The molecule has 0 saturated heterocycles. The van der Waals surface area contributed by atoms with E-state index in [9.17, 15) is 4.79 Å². The Labute approximate surface area is 154 Å². The smallest absolute Gasteiger partial charge is 0.257 e. The van der Waals surface area contributed by atoms with Crippen LogP contribution in [0.5, 0.6) is 0 Å². The van der Waals surface area contributed by atoms with Crippen molar-refractivity contribution in [3.63, 3.8) is 0 Å². The largest absolute Gasteiger partial charge is 0.308 e. The van der Waals surface area contributed by atoms with Gasteiger partial charge >= 0.3 is 0 Å². The molecule has 4 rings (SSSR count). The Morgan fingerprint density at radius 1 is 1.04 bits per heavy atom. The zero-order valence-electron chi connectivity index (χ0n) is 13.3.